The number of thioether (sulfide) groups is 1. The monoisotopic (exact) mass is 199 g/mol. The maximum atomic E-state index is 3.49. The summed E-state index contributed by atoms with van der Waals surface area (Å²) in [7, 11) is 0. The first-order valence-corrected chi connectivity index (χ1v) is 6.21. The molecule has 76 valence electrons. The normalized spacial score (nSPS) is 11.9. The maximum absolute atomic E-state index is 3.49. The SMILES string of the molecule is CC#CCCC(CSCC)NCC. The highest BCUT2D eigenvalue weighted by Crippen LogP contribution is 2.06. The number of hydrogen-bond donors (Lipinski definition) is 1. The quantitative estimate of drug-likeness (QED) is 0.632. The molecule has 0 bridgehead atoms. The summed E-state index contributed by atoms with van der Waals surface area (Å²) in [6.45, 7) is 7.34. The van der Waals surface area contributed by atoms with Crippen LogP contribution in [0.5, 0.6) is 0 Å². The fourth-order valence-electron chi connectivity index (χ4n) is 1.16. The lowest BCUT2D eigenvalue weighted by Crippen LogP contribution is -2.31. The van der Waals surface area contributed by atoms with Crippen molar-refractivity contribution in [1.82, 2.24) is 5.32 Å². The van der Waals surface area contributed by atoms with Crippen LogP contribution in [-0.4, -0.2) is 24.1 Å². The summed E-state index contributed by atoms with van der Waals surface area (Å²) >= 11 is 2.00. The molecule has 0 aliphatic carbocycles. The van der Waals surface area contributed by atoms with Crippen LogP contribution < -0.4 is 5.32 Å². The van der Waals surface area contributed by atoms with E-state index in [4.69, 9.17) is 0 Å². The molecule has 0 rings (SSSR count). The molecule has 0 aromatic heterocycles. The average molecular weight is 199 g/mol. The van der Waals surface area contributed by atoms with Gasteiger partial charge in [0.1, 0.15) is 0 Å². The Labute approximate surface area is 87.1 Å². The minimum Gasteiger partial charge on any atom is -0.313 e. The first-order valence-electron chi connectivity index (χ1n) is 5.05. The largest absolute Gasteiger partial charge is 0.313 e. The molecule has 1 atom stereocenters. The molecule has 1 nitrogen and oxygen atoms in total. The Morgan fingerprint density at radius 2 is 2.15 bits per heavy atom. The molecular formula is C11H21NS. The second kappa shape index (κ2) is 9.95. The van der Waals surface area contributed by atoms with Crippen molar-refractivity contribution in [2.24, 2.45) is 0 Å². The van der Waals surface area contributed by atoms with E-state index >= 15 is 0 Å². The van der Waals surface area contributed by atoms with Crippen molar-refractivity contribution in [3.05, 3.63) is 0 Å². The van der Waals surface area contributed by atoms with Gasteiger partial charge in [0.2, 0.25) is 0 Å². The van der Waals surface area contributed by atoms with Crippen molar-refractivity contribution in [1.29, 1.82) is 0 Å². The molecule has 0 aromatic carbocycles. The molecule has 0 fully saturated rings. The molecule has 0 aromatic rings. The predicted octanol–water partition coefficient (Wildman–Crippen LogP) is 2.52. The highest BCUT2D eigenvalue weighted by molar-refractivity contribution is 7.99. The second-order valence-corrected chi connectivity index (χ2v) is 4.20. The molecule has 0 heterocycles. The Morgan fingerprint density at radius 3 is 2.69 bits per heavy atom. The summed E-state index contributed by atoms with van der Waals surface area (Å²) in [4.78, 5) is 0. The van der Waals surface area contributed by atoms with Gasteiger partial charge in [-0.3, -0.25) is 0 Å². The van der Waals surface area contributed by atoms with E-state index in [9.17, 15) is 0 Å². The Balaban J connectivity index is 3.57. The van der Waals surface area contributed by atoms with E-state index < -0.39 is 0 Å². The summed E-state index contributed by atoms with van der Waals surface area (Å²) in [6, 6.07) is 0.649. The molecule has 0 amide bonds. The van der Waals surface area contributed by atoms with Crippen LogP contribution in [0.1, 0.15) is 33.6 Å². The van der Waals surface area contributed by atoms with Gasteiger partial charge in [-0.1, -0.05) is 13.8 Å². The van der Waals surface area contributed by atoms with Gasteiger partial charge in [0.05, 0.1) is 0 Å². The third kappa shape index (κ3) is 8.21. The lowest BCUT2D eigenvalue weighted by atomic mass is 10.2. The van der Waals surface area contributed by atoms with E-state index in [1.54, 1.807) is 0 Å². The van der Waals surface area contributed by atoms with E-state index in [2.05, 4.69) is 31.0 Å². The molecule has 0 aliphatic rings. The minimum atomic E-state index is 0.649. The minimum absolute atomic E-state index is 0.649. The van der Waals surface area contributed by atoms with Crippen molar-refractivity contribution in [3.63, 3.8) is 0 Å². The van der Waals surface area contributed by atoms with Gasteiger partial charge in [-0.05, 0) is 25.6 Å². The van der Waals surface area contributed by atoms with Gasteiger partial charge in [-0.2, -0.15) is 11.8 Å². The lowest BCUT2D eigenvalue weighted by molar-refractivity contribution is 0.545. The fourth-order valence-corrected chi connectivity index (χ4v) is 1.97. The summed E-state index contributed by atoms with van der Waals surface area (Å²) in [5, 5.41) is 3.49. The number of hydrogen-bond acceptors (Lipinski definition) is 2. The molecule has 0 radical (unpaired) electrons. The van der Waals surface area contributed by atoms with Gasteiger partial charge in [0, 0.05) is 18.2 Å². The van der Waals surface area contributed by atoms with Gasteiger partial charge in [-0.15, -0.1) is 11.8 Å². The first kappa shape index (κ1) is 12.9. The topological polar surface area (TPSA) is 12.0 Å². The van der Waals surface area contributed by atoms with Crippen LogP contribution in [0, 0.1) is 11.8 Å². The van der Waals surface area contributed by atoms with E-state index in [1.165, 1.54) is 17.9 Å². The molecular weight excluding hydrogens is 178 g/mol. The van der Waals surface area contributed by atoms with Gasteiger partial charge in [0.15, 0.2) is 0 Å². The van der Waals surface area contributed by atoms with Crippen LogP contribution in [-0.2, 0) is 0 Å². The van der Waals surface area contributed by atoms with Crippen molar-refractivity contribution >= 4 is 11.8 Å². The number of nitrogens with one attached hydrogen (secondary N) is 1. The van der Waals surface area contributed by atoms with Crippen molar-refractivity contribution in [3.8, 4) is 11.8 Å². The Morgan fingerprint density at radius 1 is 1.38 bits per heavy atom. The lowest BCUT2D eigenvalue weighted by Gasteiger charge is -2.15. The Kier molecular flexibility index (Phi) is 9.85. The zero-order valence-corrected chi connectivity index (χ0v) is 9.84. The van der Waals surface area contributed by atoms with Crippen molar-refractivity contribution < 1.29 is 0 Å². The van der Waals surface area contributed by atoms with Crippen molar-refractivity contribution in [2.75, 3.05) is 18.1 Å². The van der Waals surface area contributed by atoms with E-state index in [0.29, 0.717) is 6.04 Å². The molecule has 2 heteroatoms. The molecule has 1 N–H and O–H groups in total. The second-order valence-electron chi connectivity index (χ2n) is 2.88. The van der Waals surface area contributed by atoms with Crippen molar-refractivity contribution in [2.45, 2.75) is 39.7 Å². The fraction of sp³-hybridized carbons (Fsp3) is 0.818. The van der Waals surface area contributed by atoms with Crippen LogP contribution in [0.3, 0.4) is 0 Å². The van der Waals surface area contributed by atoms with Crippen LogP contribution in [0.15, 0.2) is 0 Å². The standard InChI is InChI=1S/C11H21NS/c1-4-7-8-9-11(12-5-2)10-13-6-3/h11-12H,5-6,8-10H2,1-3H3. The zero-order valence-electron chi connectivity index (χ0n) is 9.02. The molecule has 1 unspecified atom stereocenters. The third-order valence-corrected chi connectivity index (χ3v) is 2.86. The third-order valence-electron chi connectivity index (χ3n) is 1.81. The summed E-state index contributed by atoms with van der Waals surface area (Å²) in [6.07, 6.45) is 2.21. The van der Waals surface area contributed by atoms with Gasteiger partial charge in [0.25, 0.3) is 0 Å². The average Bonchev–Trinajstić information content (AvgIpc) is 2.14. The Hall–Kier alpha value is -0.130. The first-order chi connectivity index (χ1) is 6.35. The van der Waals surface area contributed by atoms with Gasteiger partial charge >= 0.3 is 0 Å². The zero-order chi connectivity index (χ0) is 9.94. The highest BCUT2D eigenvalue weighted by Gasteiger charge is 2.04. The van der Waals surface area contributed by atoms with E-state index in [1.807, 2.05) is 18.7 Å². The molecule has 0 aliphatic heterocycles. The van der Waals surface area contributed by atoms with Gasteiger partial charge < -0.3 is 5.32 Å². The summed E-state index contributed by atoms with van der Waals surface area (Å²) in [5.74, 6) is 8.48. The predicted molar refractivity (Wildman–Crippen MR) is 63.1 cm³/mol. The molecule has 13 heavy (non-hydrogen) atoms. The number of rotatable bonds is 7. The molecule has 0 saturated carbocycles. The summed E-state index contributed by atoms with van der Waals surface area (Å²) in [5.41, 5.74) is 0. The van der Waals surface area contributed by atoms with Crippen LogP contribution in [0.2, 0.25) is 0 Å². The highest BCUT2D eigenvalue weighted by atomic mass is 32.2. The summed E-state index contributed by atoms with van der Waals surface area (Å²) < 4.78 is 0. The molecule has 0 spiro atoms. The van der Waals surface area contributed by atoms with Gasteiger partial charge in [-0.25, -0.2) is 0 Å². The Bertz CT molecular complexity index is 157. The molecule has 0 saturated heterocycles. The van der Waals surface area contributed by atoms with Crippen LogP contribution >= 0.6 is 11.8 Å². The maximum Gasteiger partial charge on any atom is 0.0167 e. The van der Waals surface area contributed by atoms with E-state index in [-0.39, 0.29) is 0 Å². The van der Waals surface area contributed by atoms with Crippen LogP contribution in [0.25, 0.3) is 0 Å². The van der Waals surface area contributed by atoms with E-state index in [0.717, 1.165) is 13.0 Å². The smallest absolute Gasteiger partial charge is 0.0167 e. The van der Waals surface area contributed by atoms with Crippen LogP contribution in [0.4, 0.5) is 0 Å².